The molecule has 66 heavy (non-hydrogen) atoms. The molecule has 0 spiro atoms. The smallest absolute Gasteiger partial charge is 0.342 e. The van der Waals surface area contributed by atoms with E-state index < -0.39 is 48.0 Å². The maximum atomic E-state index is 15.1. The van der Waals surface area contributed by atoms with Crippen LogP contribution in [0.3, 0.4) is 0 Å². The quantitative estimate of drug-likeness (QED) is 0.193. The maximum Gasteiger partial charge on any atom is 0.342 e. The molecule has 1 unspecified atom stereocenters. The first-order valence-electron chi connectivity index (χ1n) is 22.4. The minimum Gasteiger partial charge on any atom is -0.495 e. The summed E-state index contributed by atoms with van der Waals surface area (Å²) in [6.07, 6.45) is 6.34. The molecule has 5 heterocycles. The Labute approximate surface area is 379 Å². The number of fused-ring (bicyclic) bond motifs is 1. The number of amides is 6. The van der Waals surface area contributed by atoms with Gasteiger partial charge in [-0.05, 0) is 68.5 Å². The van der Waals surface area contributed by atoms with Gasteiger partial charge in [-0.2, -0.15) is 13.8 Å². The Kier molecular flexibility index (Phi) is 13.6. The Morgan fingerprint density at radius 1 is 0.909 bits per heavy atom. The summed E-state index contributed by atoms with van der Waals surface area (Å²) in [5, 5.41) is 10.8. The lowest BCUT2D eigenvalue weighted by Crippen LogP contribution is -2.52. The molecule has 1 aromatic heterocycles. The number of carbonyl (C=O) groups excluding carboxylic acids is 6. The second-order valence-electron chi connectivity index (χ2n) is 17.4. The molecule has 6 amide bonds. The third-order valence-electron chi connectivity index (χ3n) is 13.1. The van der Waals surface area contributed by atoms with Crippen molar-refractivity contribution in [3.63, 3.8) is 0 Å². The standard InChI is InChI=1S/C45H54F3N11O7/c1-55-35-25-49-44(54-39(35)59(29-5-3-4-6-29)26-45(47,48)43(55)65)52-33-10-7-27(23-36(33)66-2)40(62)50-28-13-17-58(18-14-28)38(61)15-16-56-19-21-57(22-20-56)30-8-9-31(32(46)24-30)41(63)51-34-11-12-37(60)53-42(34)64/h7-10,23-25,28-29,34H,3-6,11-22,26H2,1-2H3,(H,50,62)(H,51,63)(H,49,52,54)(H,53,60,64). The van der Waals surface area contributed by atoms with E-state index in [0.29, 0.717) is 101 Å². The topological polar surface area (TPSA) is 202 Å². The first kappa shape index (κ1) is 46.0. The zero-order chi connectivity index (χ0) is 46.7. The van der Waals surface area contributed by atoms with Gasteiger partial charge in [0.2, 0.25) is 23.7 Å². The number of aromatic nitrogens is 2. The Hall–Kier alpha value is -6.51. The Bertz CT molecular complexity index is 2370. The van der Waals surface area contributed by atoms with Crippen LogP contribution in [0.15, 0.2) is 42.6 Å². The van der Waals surface area contributed by atoms with Gasteiger partial charge in [0.05, 0.1) is 31.1 Å². The summed E-state index contributed by atoms with van der Waals surface area (Å²) >= 11 is 0. The number of methoxy groups -OCH3 is 1. The Balaban J connectivity index is 0.782. The number of piperazine rings is 1. The number of benzene rings is 2. The molecule has 1 saturated carbocycles. The number of hydrogen-bond acceptors (Lipinski definition) is 13. The fourth-order valence-corrected chi connectivity index (χ4v) is 9.30. The summed E-state index contributed by atoms with van der Waals surface area (Å²) < 4.78 is 50.8. The zero-order valence-electron chi connectivity index (χ0n) is 36.9. The second kappa shape index (κ2) is 19.5. The number of likely N-dealkylation sites (tertiary alicyclic amines) is 1. The molecule has 4 N–H and O–H groups in total. The average Bonchev–Trinajstić information content (AvgIpc) is 3.84. The first-order chi connectivity index (χ1) is 31.7. The largest absolute Gasteiger partial charge is 0.495 e. The van der Waals surface area contributed by atoms with Crippen LogP contribution in [-0.2, 0) is 19.2 Å². The summed E-state index contributed by atoms with van der Waals surface area (Å²) in [6, 6.07) is 7.97. The van der Waals surface area contributed by atoms with Crippen LogP contribution in [-0.4, -0.2) is 146 Å². The second-order valence-corrected chi connectivity index (χ2v) is 17.4. The summed E-state index contributed by atoms with van der Waals surface area (Å²) in [5.41, 5.74) is 1.42. The Morgan fingerprint density at radius 3 is 2.35 bits per heavy atom. The van der Waals surface area contributed by atoms with E-state index in [1.807, 2.05) is 9.80 Å². The number of hydrogen-bond donors (Lipinski definition) is 4. The molecule has 1 atom stereocenters. The highest BCUT2D eigenvalue weighted by Gasteiger charge is 2.49. The van der Waals surface area contributed by atoms with E-state index in [-0.39, 0.29) is 59.8 Å². The highest BCUT2D eigenvalue weighted by atomic mass is 19.3. The van der Waals surface area contributed by atoms with Gasteiger partial charge in [-0.3, -0.25) is 39.0 Å². The molecule has 0 radical (unpaired) electrons. The molecule has 3 saturated heterocycles. The minimum absolute atomic E-state index is 0.0337. The van der Waals surface area contributed by atoms with Crippen LogP contribution in [0.2, 0.25) is 0 Å². The van der Waals surface area contributed by atoms with E-state index in [1.165, 1.54) is 37.4 Å². The van der Waals surface area contributed by atoms with E-state index in [4.69, 9.17) is 4.74 Å². The highest BCUT2D eigenvalue weighted by molar-refractivity contribution is 6.04. The summed E-state index contributed by atoms with van der Waals surface area (Å²) in [4.78, 5) is 92.8. The molecule has 4 aliphatic heterocycles. The SMILES string of the molecule is COc1cc(C(=O)NC2CCN(C(=O)CCN3CCN(c4ccc(C(=O)NC5CCC(=O)NC5=O)c(F)c4)CC3)CC2)ccc1Nc1ncc2c(n1)N(C1CCCC1)CC(F)(F)C(=O)N2C. The Morgan fingerprint density at radius 2 is 1.65 bits per heavy atom. The number of rotatable bonds is 12. The molecule has 352 valence electrons. The minimum atomic E-state index is -3.60. The predicted octanol–water partition coefficient (Wildman–Crippen LogP) is 3.20. The molecule has 0 bridgehead atoms. The average molecular weight is 918 g/mol. The molecule has 3 aromatic rings. The first-order valence-corrected chi connectivity index (χ1v) is 22.4. The predicted molar refractivity (Wildman–Crippen MR) is 237 cm³/mol. The molecule has 1 aliphatic carbocycles. The van der Waals surface area contributed by atoms with Gasteiger partial charge in [-0.25, -0.2) is 9.37 Å². The number of alkyl halides is 2. The maximum absolute atomic E-state index is 15.1. The van der Waals surface area contributed by atoms with Crippen molar-refractivity contribution in [1.82, 2.24) is 35.7 Å². The van der Waals surface area contributed by atoms with Gasteiger partial charge in [0.25, 0.3) is 17.7 Å². The van der Waals surface area contributed by atoms with Crippen LogP contribution in [0.25, 0.3) is 0 Å². The van der Waals surface area contributed by atoms with Gasteiger partial charge in [-0.1, -0.05) is 12.8 Å². The van der Waals surface area contributed by atoms with Crippen molar-refractivity contribution >= 4 is 64.3 Å². The number of nitrogens with one attached hydrogen (secondary N) is 4. The van der Waals surface area contributed by atoms with Gasteiger partial charge in [-0.15, -0.1) is 0 Å². The van der Waals surface area contributed by atoms with E-state index >= 15 is 13.2 Å². The molecule has 5 aliphatic rings. The molecule has 4 fully saturated rings. The van der Waals surface area contributed by atoms with E-state index in [2.05, 4.69) is 36.1 Å². The number of ether oxygens (including phenoxy) is 1. The number of imide groups is 1. The summed E-state index contributed by atoms with van der Waals surface area (Å²) in [7, 11) is 2.75. The highest BCUT2D eigenvalue weighted by Crippen LogP contribution is 2.40. The van der Waals surface area contributed by atoms with Crippen molar-refractivity contribution < 1.29 is 46.7 Å². The van der Waals surface area contributed by atoms with Crippen molar-refractivity contribution in [3.05, 3.63) is 59.5 Å². The number of halogens is 3. The number of carbonyl (C=O) groups is 6. The zero-order valence-corrected chi connectivity index (χ0v) is 36.9. The molecule has 2 aromatic carbocycles. The van der Waals surface area contributed by atoms with Gasteiger partial charge in [0.15, 0.2) is 5.82 Å². The molecule has 18 nitrogen and oxygen atoms in total. The monoisotopic (exact) mass is 917 g/mol. The van der Waals surface area contributed by atoms with Crippen LogP contribution in [0, 0.1) is 5.82 Å². The van der Waals surface area contributed by atoms with Crippen molar-refractivity contribution in [2.45, 2.75) is 81.8 Å². The lowest BCUT2D eigenvalue weighted by molar-refractivity contribution is -0.140. The van der Waals surface area contributed by atoms with Gasteiger partial charge in [0, 0.05) is 89.0 Å². The number of piperidine rings is 2. The van der Waals surface area contributed by atoms with Crippen LogP contribution >= 0.6 is 0 Å². The van der Waals surface area contributed by atoms with Crippen LogP contribution in [0.5, 0.6) is 5.75 Å². The summed E-state index contributed by atoms with van der Waals surface area (Å²) in [5.74, 6) is -6.97. The third kappa shape index (κ3) is 10.1. The van der Waals surface area contributed by atoms with E-state index in [1.54, 1.807) is 24.3 Å². The lowest BCUT2D eigenvalue weighted by atomic mass is 10.0. The van der Waals surface area contributed by atoms with Crippen LogP contribution in [0.1, 0.15) is 78.5 Å². The molecular weight excluding hydrogens is 864 g/mol. The van der Waals surface area contributed by atoms with Crippen LogP contribution in [0.4, 0.5) is 42.0 Å². The number of nitrogens with zero attached hydrogens (tertiary/aromatic N) is 7. The van der Waals surface area contributed by atoms with E-state index in [0.717, 1.165) is 17.7 Å². The van der Waals surface area contributed by atoms with Crippen molar-refractivity contribution in [2.24, 2.45) is 0 Å². The molecular formula is C45H54F3N11O7. The normalized spacial score (nSPS) is 20.7. The number of anilines is 5. The van der Waals surface area contributed by atoms with Crippen LogP contribution < -0.4 is 40.7 Å². The van der Waals surface area contributed by atoms with Crippen molar-refractivity contribution in [1.29, 1.82) is 0 Å². The third-order valence-corrected chi connectivity index (χ3v) is 13.1. The van der Waals surface area contributed by atoms with Gasteiger partial charge >= 0.3 is 5.92 Å². The van der Waals surface area contributed by atoms with Crippen molar-refractivity contribution in [2.75, 3.05) is 86.5 Å². The molecule has 21 heteroatoms. The fraction of sp³-hybridized carbons (Fsp3) is 0.511. The van der Waals surface area contributed by atoms with E-state index in [9.17, 15) is 28.8 Å². The lowest BCUT2D eigenvalue weighted by Gasteiger charge is -2.37. The van der Waals surface area contributed by atoms with Gasteiger partial charge < -0.3 is 40.3 Å². The fourth-order valence-electron chi connectivity index (χ4n) is 9.30. The van der Waals surface area contributed by atoms with Gasteiger partial charge in [0.1, 0.15) is 23.3 Å². The molecule has 8 rings (SSSR count). The summed E-state index contributed by atoms with van der Waals surface area (Å²) in [6.45, 7) is 3.31. The van der Waals surface area contributed by atoms with Crippen molar-refractivity contribution in [3.8, 4) is 5.75 Å².